The third-order valence-corrected chi connectivity index (χ3v) is 7.38. The Labute approximate surface area is 272 Å². The summed E-state index contributed by atoms with van der Waals surface area (Å²) in [5, 5.41) is 0. The van der Waals surface area contributed by atoms with Crippen LogP contribution in [0, 0.1) is 13.8 Å². The minimum absolute atomic E-state index is 0.000577. The van der Waals surface area contributed by atoms with Crippen LogP contribution in [0.3, 0.4) is 0 Å². The Kier molecular flexibility index (Phi) is 13.6. The van der Waals surface area contributed by atoms with E-state index in [1.54, 1.807) is 39.8 Å². The van der Waals surface area contributed by atoms with Crippen molar-refractivity contribution in [1.29, 1.82) is 0 Å². The topological polar surface area (TPSA) is 186 Å². The highest BCUT2D eigenvalue weighted by Crippen LogP contribution is 2.27. The third-order valence-electron chi connectivity index (χ3n) is 7.38. The molecule has 2 aliphatic heterocycles. The van der Waals surface area contributed by atoms with Crippen LogP contribution in [0.15, 0.2) is 21.7 Å². The van der Waals surface area contributed by atoms with E-state index < -0.39 is 60.0 Å². The molecular formula is C33H44N4O10. The van der Waals surface area contributed by atoms with Crippen LogP contribution in [0.1, 0.15) is 90.2 Å². The molecule has 14 nitrogen and oxygen atoms in total. The van der Waals surface area contributed by atoms with Gasteiger partial charge >= 0.3 is 29.6 Å². The number of aromatic amines is 1. The molecule has 2 aliphatic rings. The number of hydrogen-bond acceptors (Lipinski definition) is 12. The second-order valence-electron chi connectivity index (χ2n) is 11.4. The minimum Gasteiger partial charge on any atom is -0.462 e. The first-order chi connectivity index (χ1) is 22.4. The smallest absolute Gasteiger partial charge is 0.349 e. The number of fused-ring (bicyclic) bond motifs is 2. The zero-order valence-corrected chi connectivity index (χ0v) is 27.9. The number of hydrogen-bond donors (Lipinski definition) is 1. The number of aryl methyl sites for hydroxylation is 2. The molecule has 47 heavy (non-hydrogen) atoms. The van der Waals surface area contributed by atoms with Crippen LogP contribution in [-0.2, 0) is 44.7 Å². The molecule has 0 radical (unpaired) electrons. The zero-order chi connectivity index (χ0) is 34.7. The maximum Gasteiger partial charge on any atom is 0.349 e. The van der Waals surface area contributed by atoms with E-state index in [-0.39, 0.29) is 43.7 Å². The van der Waals surface area contributed by atoms with Crippen molar-refractivity contribution in [2.45, 2.75) is 118 Å². The monoisotopic (exact) mass is 656 g/mol. The maximum absolute atomic E-state index is 13.1. The first-order valence-electron chi connectivity index (χ1n) is 16.1. The van der Waals surface area contributed by atoms with E-state index in [2.05, 4.69) is 15.0 Å². The molecule has 0 saturated heterocycles. The van der Waals surface area contributed by atoms with Crippen molar-refractivity contribution in [1.82, 2.24) is 19.5 Å². The van der Waals surface area contributed by atoms with Crippen molar-refractivity contribution in [3.63, 3.8) is 0 Å². The standard InChI is InChI=1S/C33H44N4O10/c1-7-11-25(38)44-18-24(46-27(40)13-9-3)30(47-28(41)14-10-4)23(45-26(39)12-8-2)17-37-22-16-20(6)19(5)15-21(22)34-29-31(37)35-33(43)36-32(29)42/h15-16,23-24,30H,7-14,17-18H2,1-6H3,(H,36,42,43)/t23-,24+,30-/m1/s1. The summed E-state index contributed by atoms with van der Waals surface area (Å²) in [6.07, 6.45) is -2.20. The fourth-order valence-corrected chi connectivity index (χ4v) is 4.94. The Bertz CT molecular complexity index is 1660. The highest BCUT2D eigenvalue weighted by molar-refractivity contribution is 5.81. The lowest BCUT2D eigenvalue weighted by Gasteiger charge is -2.33. The van der Waals surface area contributed by atoms with Crippen LogP contribution in [0.25, 0.3) is 22.6 Å². The van der Waals surface area contributed by atoms with Gasteiger partial charge in [0, 0.05) is 25.7 Å². The molecule has 3 atom stereocenters. The molecule has 0 spiro atoms. The Balaban J connectivity index is 2.28. The second kappa shape index (κ2) is 17.3. The van der Waals surface area contributed by atoms with Crippen molar-refractivity contribution in [3.05, 3.63) is 44.1 Å². The number of H-pyrrole nitrogens is 1. The SMILES string of the molecule is CCCC(=O)OC[C@H](OC(=O)CCC)[C@H](OC(=O)CCC)[C@@H](Cn1c2nc(=O)[nH]c(=O)c-2nc2cc(C)c(C)cc21)OC(=O)CCC. The lowest BCUT2D eigenvalue weighted by molar-refractivity contribution is -0.193. The summed E-state index contributed by atoms with van der Waals surface area (Å²) in [5.74, 6) is -2.59. The molecule has 0 bridgehead atoms. The molecule has 0 unspecified atom stereocenters. The minimum atomic E-state index is -1.46. The first-order valence-corrected chi connectivity index (χ1v) is 16.1. The number of esters is 4. The van der Waals surface area contributed by atoms with Gasteiger partial charge in [-0.1, -0.05) is 27.7 Å². The van der Waals surface area contributed by atoms with Gasteiger partial charge in [0.2, 0.25) is 0 Å². The van der Waals surface area contributed by atoms with Crippen LogP contribution in [0.5, 0.6) is 0 Å². The number of nitrogens with one attached hydrogen (secondary N) is 1. The first kappa shape index (κ1) is 36.8. The van der Waals surface area contributed by atoms with Gasteiger partial charge in [0.15, 0.2) is 29.8 Å². The van der Waals surface area contributed by atoms with Gasteiger partial charge in [0.25, 0.3) is 5.56 Å². The van der Waals surface area contributed by atoms with E-state index in [4.69, 9.17) is 18.9 Å². The summed E-state index contributed by atoms with van der Waals surface area (Å²) in [6, 6.07) is 3.56. The van der Waals surface area contributed by atoms with Crippen molar-refractivity contribution >= 4 is 34.9 Å². The molecule has 0 aliphatic carbocycles. The quantitative estimate of drug-likeness (QED) is 0.126. The molecule has 256 valence electrons. The van der Waals surface area contributed by atoms with Gasteiger partial charge in [-0.05, 0) is 62.8 Å². The van der Waals surface area contributed by atoms with Gasteiger partial charge in [0.05, 0.1) is 17.6 Å². The summed E-state index contributed by atoms with van der Waals surface area (Å²) >= 11 is 0. The average molecular weight is 657 g/mol. The van der Waals surface area contributed by atoms with Crippen molar-refractivity contribution in [3.8, 4) is 11.5 Å². The molecule has 14 heteroatoms. The normalized spacial score (nSPS) is 13.1. The van der Waals surface area contributed by atoms with Crippen LogP contribution in [0.2, 0.25) is 0 Å². The van der Waals surface area contributed by atoms with E-state index in [1.807, 2.05) is 13.8 Å². The van der Waals surface area contributed by atoms with Crippen molar-refractivity contribution in [2.24, 2.45) is 0 Å². The summed E-state index contributed by atoms with van der Waals surface area (Å²) in [5.41, 5.74) is 0.757. The predicted molar refractivity (Wildman–Crippen MR) is 171 cm³/mol. The largest absolute Gasteiger partial charge is 0.462 e. The Morgan fingerprint density at radius 1 is 0.745 bits per heavy atom. The van der Waals surface area contributed by atoms with Crippen molar-refractivity contribution < 1.29 is 38.1 Å². The fourth-order valence-electron chi connectivity index (χ4n) is 4.94. The third kappa shape index (κ3) is 9.93. The average Bonchev–Trinajstić information content (AvgIpc) is 2.99. The maximum atomic E-state index is 13.1. The molecule has 0 fully saturated rings. The van der Waals surface area contributed by atoms with E-state index in [1.165, 1.54) is 4.57 Å². The second-order valence-corrected chi connectivity index (χ2v) is 11.4. The number of carbonyl (C=O) groups is 4. The van der Waals surface area contributed by atoms with Gasteiger partial charge in [0.1, 0.15) is 6.61 Å². The molecule has 3 rings (SSSR count). The van der Waals surface area contributed by atoms with E-state index in [0.717, 1.165) is 11.1 Å². The number of nitrogens with zero attached hydrogens (tertiary/aromatic N) is 3. The molecule has 0 aromatic heterocycles. The molecule has 2 heterocycles. The molecule has 1 aromatic rings. The summed E-state index contributed by atoms with van der Waals surface area (Å²) in [6.45, 7) is 10.1. The lowest BCUT2D eigenvalue weighted by atomic mass is 10.0. The Morgan fingerprint density at radius 2 is 1.28 bits per heavy atom. The van der Waals surface area contributed by atoms with Crippen molar-refractivity contribution in [2.75, 3.05) is 6.61 Å². The van der Waals surface area contributed by atoms with Gasteiger partial charge in [-0.3, -0.25) is 29.0 Å². The summed E-state index contributed by atoms with van der Waals surface area (Å²) in [4.78, 5) is 87.4. The fraction of sp³-hybridized carbons (Fsp3) is 0.576. The number of carbonyl (C=O) groups excluding carboxylic acids is 4. The van der Waals surface area contributed by atoms with Gasteiger partial charge in [-0.25, -0.2) is 9.78 Å². The Hall–Kier alpha value is -4.62. The highest BCUT2D eigenvalue weighted by atomic mass is 16.6. The molecule has 1 aromatic carbocycles. The number of aromatic nitrogens is 4. The Morgan fingerprint density at radius 3 is 1.87 bits per heavy atom. The van der Waals surface area contributed by atoms with Crippen LogP contribution >= 0.6 is 0 Å². The molecular weight excluding hydrogens is 612 g/mol. The van der Waals surface area contributed by atoms with Gasteiger partial charge in [-0.15, -0.1) is 0 Å². The number of benzene rings is 1. The number of rotatable bonds is 17. The van der Waals surface area contributed by atoms with E-state index in [0.29, 0.717) is 36.7 Å². The number of ether oxygens (including phenoxy) is 4. The zero-order valence-electron chi connectivity index (χ0n) is 27.9. The summed E-state index contributed by atoms with van der Waals surface area (Å²) in [7, 11) is 0. The van der Waals surface area contributed by atoms with Crippen LogP contribution in [0.4, 0.5) is 0 Å². The molecule has 1 N–H and O–H groups in total. The van der Waals surface area contributed by atoms with Crippen LogP contribution < -0.4 is 11.2 Å². The molecule has 0 saturated carbocycles. The van der Waals surface area contributed by atoms with Gasteiger partial charge < -0.3 is 23.5 Å². The van der Waals surface area contributed by atoms with Gasteiger partial charge in [-0.2, -0.15) is 4.98 Å². The van der Waals surface area contributed by atoms with Crippen LogP contribution in [-0.4, -0.2) is 68.3 Å². The predicted octanol–water partition coefficient (Wildman–Crippen LogP) is 3.68. The molecule has 0 amide bonds. The highest BCUT2D eigenvalue weighted by Gasteiger charge is 2.40. The summed E-state index contributed by atoms with van der Waals surface area (Å²) < 4.78 is 24.5. The van der Waals surface area contributed by atoms with E-state index in [9.17, 15) is 28.8 Å². The lowest BCUT2D eigenvalue weighted by Crippen LogP contribution is -2.49. The van der Waals surface area contributed by atoms with E-state index >= 15 is 0 Å².